The molecule has 0 aliphatic rings. The van der Waals surface area contributed by atoms with E-state index in [2.05, 4.69) is 25.7 Å². The van der Waals surface area contributed by atoms with Gasteiger partial charge < -0.3 is 10.5 Å². The van der Waals surface area contributed by atoms with Crippen LogP contribution < -0.4 is 5.73 Å². The standard InChI is InChI=1S/C9H9BrF2N2O2/c1-16-5(15)2-4-3-14-8(9(11)12)7(13)6(4)10/h3,9H,2,13H2,1H3. The smallest absolute Gasteiger partial charge is 0.310 e. The lowest BCUT2D eigenvalue weighted by molar-refractivity contribution is -0.139. The van der Waals surface area contributed by atoms with E-state index in [0.717, 1.165) is 0 Å². The van der Waals surface area contributed by atoms with Gasteiger partial charge in [0.15, 0.2) is 0 Å². The molecule has 7 heteroatoms. The summed E-state index contributed by atoms with van der Waals surface area (Å²) in [5.41, 5.74) is 5.22. The van der Waals surface area contributed by atoms with E-state index in [1.54, 1.807) is 0 Å². The molecule has 1 rings (SSSR count). The second-order valence-corrected chi connectivity index (χ2v) is 3.74. The average molecular weight is 295 g/mol. The molecule has 0 spiro atoms. The van der Waals surface area contributed by atoms with Gasteiger partial charge >= 0.3 is 5.97 Å². The lowest BCUT2D eigenvalue weighted by atomic mass is 10.1. The van der Waals surface area contributed by atoms with Crippen molar-refractivity contribution in [3.8, 4) is 0 Å². The fourth-order valence-electron chi connectivity index (χ4n) is 1.08. The van der Waals surface area contributed by atoms with Crippen LogP contribution in [0.4, 0.5) is 14.5 Å². The quantitative estimate of drug-likeness (QED) is 0.867. The minimum atomic E-state index is -2.75. The molecule has 88 valence electrons. The number of pyridine rings is 1. The summed E-state index contributed by atoms with van der Waals surface area (Å²) in [6.07, 6.45) is -1.64. The van der Waals surface area contributed by atoms with Crippen LogP contribution in [-0.4, -0.2) is 18.1 Å². The molecule has 4 nitrogen and oxygen atoms in total. The predicted octanol–water partition coefficient (Wildman–Crippen LogP) is 2.08. The van der Waals surface area contributed by atoms with Crippen molar-refractivity contribution in [1.29, 1.82) is 0 Å². The highest BCUT2D eigenvalue weighted by molar-refractivity contribution is 9.10. The summed E-state index contributed by atoms with van der Waals surface area (Å²) in [6.45, 7) is 0. The fraction of sp³-hybridized carbons (Fsp3) is 0.333. The number of hydrogen-bond acceptors (Lipinski definition) is 4. The Balaban J connectivity index is 3.07. The minimum absolute atomic E-state index is 0.0716. The number of nitrogen functional groups attached to an aromatic ring is 1. The van der Waals surface area contributed by atoms with Gasteiger partial charge in [0, 0.05) is 10.7 Å². The number of nitrogens with two attached hydrogens (primary N) is 1. The van der Waals surface area contributed by atoms with Crippen molar-refractivity contribution in [3.05, 3.63) is 21.9 Å². The van der Waals surface area contributed by atoms with Crippen LogP contribution in [0.5, 0.6) is 0 Å². The van der Waals surface area contributed by atoms with Gasteiger partial charge in [0.2, 0.25) is 0 Å². The molecule has 2 N–H and O–H groups in total. The van der Waals surface area contributed by atoms with Crippen molar-refractivity contribution in [2.45, 2.75) is 12.8 Å². The number of halogens is 3. The molecule has 0 atom stereocenters. The Hall–Kier alpha value is -1.24. The first-order chi connectivity index (χ1) is 7.47. The topological polar surface area (TPSA) is 65.2 Å². The number of esters is 1. The number of ether oxygens (including phenoxy) is 1. The van der Waals surface area contributed by atoms with E-state index >= 15 is 0 Å². The number of nitrogens with zero attached hydrogens (tertiary/aromatic N) is 1. The van der Waals surface area contributed by atoms with E-state index in [4.69, 9.17) is 5.73 Å². The Morgan fingerprint density at radius 2 is 2.31 bits per heavy atom. The van der Waals surface area contributed by atoms with Gasteiger partial charge in [-0.2, -0.15) is 0 Å². The number of carbonyl (C=O) groups is 1. The molecule has 0 amide bonds. The number of carbonyl (C=O) groups excluding carboxylic acids is 1. The molecule has 0 saturated carbocycles. The summed E-state index contributed by atoms with van der Waals surface area (Å²) in [6, 6.07) is 0. The van der Waals surface area contributed by atoms with Gasteiger partial charge in [-0.05, 0) is 21.5 Å². The first-order valence-corrected chi connectivity index (χ1v) is 5.04. The van der Waals surface area contributed by atoms with Crippen LogP contribution in [0.1, 0.15) is 17.7 Å². The molecular formula is C9H9BrF2N2O2. The molecule has 0 saturated heterocycles. The van der Waals surface area contributed by atoms with Crippen molar-refractivity contribution in [3.63, 3.8) is 0 Å². The zero-order valence-corrected chi connectivity index (χ0v) is 9.92. The highest BCUT2D eigenvalue weighted by Gasteiger charge is 2.18. The fourth-order valence-corrected chi connectivity index (χ4v) is 1.53. The van der Waals surface area contributed by atoms with Crippen molar-refractivity contribution >= 4 is 27.6 Å². The Morgan fingerprint density at radius 1 is 1.69 bits per heavy atom. The number of aromatic nitrogens is 1. The van der Waals surface area contributed by atoms with Crippen LogP contribution in [0, 0.1) is 0 Å². The van der Waals surface area contributed by atoms with E-state index in [9.17, 15) is 13.6 Å². The van der Waals surface area contributed by atoms with Gasteiger partial charge in [-0.1, -0.05) is 0 Å². The molecule has 1 aromatic heterocycles. The van der Waals surface area contributed by atoms with Crippen LogP contribution in [0.15, 0.2) is 10.7 Å². The maximum Gasteiger partial charge on any atom is 0.310 e. The Kier molecular flexibility index (Phi) is 4.17. The Bertz CT molecular complexity index is 413. The maximum absolute atomic E-state index is 12.4. The van der Waals surface area contributed by atoms with E-state index < -0.39 is 18.1 Å². The first kappa shape index (κ1) is 12.8. The SMILES string of the molecule is COC(=O)Cc1cnc(C(F)F)c(N)c1Br. The van der Waals surface area contributed by atoms with Crippen LogP contribution in [0.3, 0.4) is 0 Å². The second kappa shape index (κ2) is 5.20. The van der Waals surface area contributed by atoms with Crippen molar-refractivity contribution in [1.82, 2.24) is 4.98 Å². The summed E-state index contributed by atoms with van der Waals surface area (Å²) in [7, 11) is 1.24. The lowest BCUT2D eigenvalue weighted by Crippen LogP contribution is -2.08. The largest absolute Gasteiger partial charge is 0.469 e. The summed E-state index contributed by atoms with van der Waals surface area (Å²) < 4.78 is 29.5. The van der Waals surface area contributed by atoms with E-state index in [1.807, 2.05) is 0 Å². The number of methoxy groups -OCH3 is 1. The van der Waals surface area contributed by atoms with Gasteiger partial charge in [-0.25, -0.2) is 8.78 Å². The van der Waals surface area contributed by atoms with E-state index in [-0.39, 0.29) is 16.6 Å². The summed E-state index contributed by atoms with van der Waals surface area (Å²) in [5.74, 6) is -0.494. The maximum atomic E-state index is 12.4. The molecule has 16 heavy (non-hydrogen) atoms. The zero-order valence-electron chi connectivity index (χ0n) is 8.34. The number of alkyl halides is 2. The normalized spacial score (nSPS) is 10.6. The highest BCUT2D eigenvalue weighted by atomic mass is 79.9. The van der Waals surface area contributed by atoms with Gasteiger partial charge in [0.05, 0.1) is 19.2 Å². The Labute approximate surface area is 98.9 Å². The van der Waals surface area contributed by atoms with Crippen molar-refractivity contribution in [2.24, 2.45) is 0 Å². The van der Waals surface area contributed by atoms with Crippen LogP contribution in [0.25, 0.3) is 0 Å². The van der Waals surface area contributed by atoms with Crippen molar-refractivity contribution < 1.29 is 18.3 Å². The molecule has 0 radical (unpaired) electrons. The molecule has 0 fully saturated rings. The molecule has 1 aromatic rings. The van der Waals surface area contributed by atoms with Crippen LogP contribution >= 0.6 is 15.9 Å². The van der Waals surface area contributed by atoms with Gasteiger partial charge in [-0.15, -0.1) is 0 Å². The first-order valence-electron chi connectivity index (χ1n) is 4.25. The van der Waals surface area contributed by atoms with Crippen molar-refractivity contribution in [2.75, 3.05) is 12.8 Å². The highest BCUT2D eigenvalue weighted by Crippen LogP contribution is 2.31. The molecule has 0 bridgehead atoms. The Morgan fingerprint density at radius 3 is 2.81 bits per heavy atom. The third-order valence-electron chi connectivity index (χ3n) is 1.92. The second-order valence-electron chi connectivity index (χ2n) is 2.95. The van der Waals surface area contributed by atoms with Crippen LogP contribution in [0.2, 0.25) is 0 Å². The molecule has 1 heterocycles. The third kappa shape index (κ3) is 2.66. The third-order valence-corrected chi connectivity index (χ3v) is 2.86. The predicted molar refractivity (Wildman–Crippen MR) is 57.0 cm³/mol. The monoisotopic (exact) mass is 294 g/mol. The lowest BCUT2D eigenvalue weighted by Gasteiger charge is -2.09. The summed E-state index contributed by atoms with van der Waals surface area (Å²) in [5, 5.41) is 0. The minimum Gasteiger partial charge on any atom is -0.469 e. The molecular weight excluding hydrogens is 286 g/mol. The molecule has 0 unspecified atom stereocenters. The molecule has 0 aliphatic heterocycles. The van der Waals surface area contributed by atoms with E-state index in [0.29, 0.717) is 5.56 Å². The van der Waals surface area contributed by atoms with E-state index in [1.165, 1.54) is 13.3 Å². The van der Waals surface area contributed by atoms with Gasteiger partial charge in [0.25, 0.3) is 6.43 Å². The summed E-state index contributed by atoms with van der Waals surface area (Å²) in [4.78, 5) is 14.5. The summed E-state index contributed by atoms with van der Waals surface area (Å²) >= 11 is 3.05. The van der Waals surface area contributed by atoms with Gasteiger partial charge in [-0.3, -0.25) is 9.78 Å². The number of anilines is 1. The molecule has 0 aromatic carbocycles. The number of rotatable bonds is 3. The van der Waals surface area contributed by atoms with Gasteiger partial charge in [0.1, 0.15) is 5.69 Å². The molecule has 0 aliphatic carbocycles. The number of hydrogen-bond donors (Lipinski definition) is 1. The zero-order chi connectivity index (χ0) is 12.3. The van der Waals surface area contributed by atoms with Crippen LogP contribution in [-0.2, 0) is 16.0 Å². The average Bonchev–Trinajstić information content (AvgIpc) is 2.24.